The maximum atomic E-state index is 11.9. The van der Waals surface area contributed by atoms with Gasteiger partial charge in [0.25, 0.3) is 0 Å². The Balaban J connectivity index is 1.56. The minimum absolute atomic E-state index is 0.0350. The van der Waals surface area contributed by atoms with Crippen LogP contribution in [0.25, 0.3) is 11.4 Å². The van der Waals surface area contributed by atoms with Gasteiger partial charge in [-0.2, -0.15) is 5.21 Å². The van der Waals surface area contributed by atoms with Crippen LogP contribution in [-0.2, 0) is 4.79 Å². The molecule has 0 bridgehead atoms. The van der Waals surface area contributed by atoms with Crippen molar-refractivity contribution in [3.63, 3.8) is 0 Å². The summed E-state index contributed by atoms with van der Waals surface area (Å²) in [6, 6.07) is 7.89. The molecule has 0 saturated heterocycles. The molecule has 0 spiro atoms. The molecule has 0 radical (unpaired) electrons. The molecule has 0 aliphatic heterocycles. The molecule has 0 unspecified atom stereocenters. The van der Waals surface area contributed by atoms with Gasteiger partial charge in [0, 0.05) is 17.3 Å². The fourth-order valence-electron chi connectivity index (χ4n) is 2.59. The quantitative estimate of drug-likeness (QED) is 0.771. The number of rotatable bonds is 5. The van der Waals surface area contributed by atoms with Crippen molar-refractivity contribution in [1.29, 1.82) is 0 Å². The van der Waals surface area contributed by atoms with Crippen LogP contribution in [-0.4, -0.2) is 39.1 Å². The van der Waals surface area contributed by atoms with E-state index in [2.05, 4.69) is 31.3 Å². The van der Waals surface area contributed by atoms with Crippen molar-refractivity contribution in [2.75, 3.05) is 11.9 Å². The highest BCUT2D eigenvalue weighted by molar-refractivity contribution is 5.92. The summed E-state index contributed by atoms with van der Waals surface area (Å²) in [4.78, 5) is 11.9. The molecular weight excluding hydrogens is 268 g/mol. The second kappa shape index (κ2) is 6.45. The minimum atomic E-state index is -0.0350. The number of H-pyrrole nitrogens is 1. The molecule has 21 heavy (non-hydrogen) atoms. The Kier molecular flexibility index (Phi) is 4.20. The zero-order chi connectivity index (χ0) is 14.5. The first-order valence-corrected chi connectivity index (χ1v) is 7.18. The summed E-state index contributed by atoms with van der Waals surface area (Å²) in [7, 11) is 0. The molecular formula is C14H18N6O. The predicted octanol–water partition coefficient (Wildman–Crippen LogP) is 1.34. The number of nitrogens with zero attached hydrogens (tertiary/aromatic N) is 3. The summed E-state index contributed by atoms with van der Waals surface area (Å²) in [5.74, 6) is 0.474. The summed E-state index contributed by atoms with van der Waals surface area (Å²) in [5.41, 5.74) is 1.54. The SMILES string of the molecule is O=C(CNC1CCCC1)Nc1cccc(-c2nn[nH]n2)c1. The number of aromatic amines is 1. The largest absolute Gasteiger partial charge is 0.325 e. The zero-order valence-corrected chi connectivity index (χ0v) is 11.7. The summed E-state index contributed by atoms with van der Waals surface area (Å²) in [6.07, 6.45) is 4.85. The number of tetrazole rings is 1. The highest BCUT2D eigenvalue weighted by Gasteiger charge is 2.15. The number of aromatic nitrogens is 4. The van der Waals surface area contributed by atoms with Gasteiger partial charge in [0.15, 0.2) is 0 Å². The van der Waals surface area contributed by atoms with Gasteiger partial charge in [-0.1, -0.05) is 25.0 Å². The van der Waals surface area contributed by atoms with E-state index in [1.54, 1.807) is 0 Å². The van der Waals surface area contributed by atoms with E-state index in [0.717, 1.165) is 11.3 Å². The van der Waals surface area contributed by atoms with Crippen molar-refractivity contribution in [2.24, 2.45) is 0 Å². The van der Waals surface area contributed by atoms with Gasteiger partial charge in [0.2, 0.25) is 11.7 Å². The van der Waals surface area contributed by atoms with Crippen LogP contribution >= 0.6 is 0 Å². The first kappa shape index (κ1) is 13.7. The fourth-order valence-corrected chi connectivity index (χ4v) is 2.59. The molecule has 3 rings (SSSR count). The van der Waals surface area contributed by atoms with E-state index in [1.807, 2.05) is 24.3 Å². The molecule has 1 amide bonds. The molecule has 3 N–H and O–H groups in total. The number of nitrogens with one attached hydrogen (secondary N) is 3. The van der Waals surface area contributed by atoms with Gasteiger partial charge in [-0.15, -0.1) is 10.2 Å². The van der Waals surface area contributed by atoms with E-state index in [1.165, 1.54) is 25.7 Å². The van der Waals surface area contributed by atoms with Crippen LogP contribution < -0.4 is 10.6 Å². The van der Waals surface area contributed by atoms with E-state index in [-0.39, 0.29) is 5.91 Å². The van der Waals surface area contributed by atoms with E-state index in [4.69, 9.17) is 0 Å². The van der Waals surface area contributed by atoms with Gasteiger partial charge < -0.3 is 10.6 Å². The number of amides is 1. The molecule has 7 nitrogen and oxygen atoms in total. The predicted molar refractivity (Wildman–Crippen MR) is 78.5 cm³/mol. The Bertz CT molecular complexity index is 591. The van der Waals surface area contributed by atoms with Gasteiger partial charge in [-0.05, 0) is 30.2 Å². The lowest BCUT2D eigenvalue weighted by molar-refractivity contribution is -0.115. The molecule has 1 aliphatic carbocycles. The average Bonchev–Trinajstić information content (AvgIpc) is 3.19. The molecule has 7 heteroatoms. The van der Waals surface area contributed by atoms with Gasteiger partial charge in [-0.25, -0.2) is 0 Å². The summed E-state index contributed by atoms with van der Waals surface area (Å²) < 4.78 is 0. The molecule has 0 atom stereocenters. The summed E-state index contributed by atoms with van der Waals surface area (Å²) in [6.45, 7) is 0.344. The molecule has 2 aromatic rings. The molecule has 110 valence electrons. The van der Waals surface area contributed by atoms with E-state index in [0.29, 0.717) is 18.4 Å². The molecule has 1 aliphatic rings. The van der Waals surface area contributed by atoms with E-state index >= 15 is 0 Å². The Hall–Kier alpha value is -2.28. The first-order chi connectivity index (χ1) is 10.3. The zero-order valence-electron chi connectivity index (χ0n) is 11.7. The lowest BCUT2D eigenvalue weighted by Crippen LogP contribution is -2.34. The highest BCUT2D eigenvalue weighted by atomic mass is 16.1. The van der Waals surface area contributed by atoms with Crippen molar-refractivity contribution >= 4 is 11.6 Å². The first-order valence-electron chi connectivity index (χ1n) is 7.18. The number of benzene rings is 1. The van der Waals surface area contributed by atoms with Gasteiger partial charge in [-0.3, -0.25) is 4.79 Å². The Morgan fingerprint density at radius 3 is 2.95 bits per heavy atom. The fraction of sp³-hybridized carbons (Fsp3) is 0.429. The molecule has 1 fully saturated rings. The van der Waals surface area contributed by atoms with Crippen molar-refractivity contribution in [3.05, 3.63) is 24.3 Å². The van der Waals surface area contributed by atoms with Gasteiger partial charge >= 0.3 is 0 Å². The van der Waals surface area contributed by atoms with E-state index < -0.39 is 0 Å². The molecule has 1 saturated carbocycles. The van der Waals surface area contributed by atoms with Crippen LogP contribution in [0.2, 0.25) is 0 Å². The second-order valence-corrected chi connectivity index (χ2v) is 5.23. The number of hydrogen-bond acceptors (Lipinski definition) is 5. The third-order valence-corrected chi connectivity index (χ3v) is 3.66. The van der Waals surface area contributed by atoms with Crippen molar-refractivity contribution < 1.29 is 4.79 Å². The van der Waals surface area contributed by atoms with Crippen LogP contribution in [0, 0.1) is 0 Å². The summed E-state index contributed by atoms with van der Waals surface area (Å²) >= 11 is 0. The molecule has 1 heterocycles. The average molecular weight is 286 g/mol. The van der Waals surface area contributed by atoms with Crippen LogP contribution in [0.5, 0.6) is 0 Å². The standard InChI is InChI=1S/C14H18N6O/c21-13(9-15-11-5-1-2-6-11)16-12-7-3-4-10(8-12)14-17-19-20-18-14/h3-4,7-8,11,15H,1-2,5-6,9H2,(H,16,21)(H,17,18,19,20). The van der Waals surface area contributed by atoms with Crippen LogP contribution in [0.3, 0.4) is 0 Å². The van der Waals surface area contributed by atoms with E-state index in [9.17, 15) is 4.79 Å². The lowest BCUT2D eigenvalue weighted by atomic mass is 10.2. The third-order valence-electron chi connectivity index (χ3n) is 3.66. The normalized spacial score (nSPS) is 15.2. The number of hydrogen-bond donors (Lipinski definition) is 3. The topological polar surface area (TPSA) is 95.6 Å². The highest BCUT2D eigenvalue weighted by Crippen LogP contribution is 2.19. The monoisotopic (exact) mass is 286 g/mol. The van der Waals surface area contributed by atoms with Crippen LogP contribution in [0.1, 0.15) is 25.7 Å². The van der Waals surface area contributed by atoms with Crippen LogP contribution in [0.4, 0.5) is 5.69 Å². The second-order valence-electron chi connectivity index (χ2n) is 5.23. The number of carbonyl (C=O) groups is 1. The lowest BCUT2D eigenvalue weighted by Gasteiger charge is -2.12. The smallest absolute Gasteiger partial charge is 0.238 e. The molecule has 1 aromatic heterocycles. The number of anilines is 1. The third kappa shape index (κ3) is 3.63. The minimum Gasteiger partial charge on any atom is -0.325 e. The van der Waals surface area contributed by atoms with Crippen molar-refractivity contribution in [2.45, 2.75) is 31.7 Å². The Morgan fingerprint density at radius 2 is 2.19 bits per heavy atom. The maximum absolute atomic E-state index is 11.9. The van der Waals surface area contributed by atoms with Crippen LogP contribution in [0.15, 0.2) is 24.3 Å². The number of carbonyl (C=O) groups excluding carboxylic acids is 1. The Labute approximate surface area is 122 Å². The van der Waals surface area contributed by atoms with Crippen molar-refractivity contribution in [3.8, 4) is 11.4 Å². The maximum Gasteiger partial charge on any atom is 0.238 e. The summed E-state index contributed by atoms with van der Waals surface area (Å²) in [5, 5.41) is 20.0. The van der Waals surface area contributed by atoms with Gasteiger partial charge in [0.1, 0.15) is 0 Å². The van der Waals surface area contributed by atoms with Gasteiger partial charge in [0.05, 0.1) is 6.54 Å². The Morgan fingerprint density at radius 1 is 1.33 bits per heavy atom. The molecule has 1 aromatic carbocycles. The van der Waals surface area contributed by atoms with Crippen molar-refractivity contribution in [1.82, 2.24) is 25.9 Å².